The van der Waals surface area contributed by atoms with E-state index in [1.54, 1.807) is 24.3 Å². The van der Waals surface area contributed by atoms with Gasteiger partial charge in [0, 0.05) is 35.1 Å². The van der Waals surface area contributed by atoms with Crippen LogP contribution in [0.5, 0.6) is 0 Å². The van der Waals surface area contributed by atoms with Crippen LogP contribution < -0.4 is 5.32 Å². The predicted octanol–water partition coefficient (Wildman–Crippen LogP) is 3.57. The van der Waals surface area contributed by atoms with Crippen LogP contribution in [0.25, 0.3) is 11.4 Å². The maximum absolute atomic E-state index is 13.2. The molecule has 0 fully saturated rings. The van der Waals surface area contributed by atoms with Crippen LogP contribution >= 0.6 is 15.9 Å². The van der Waals surface area contributed by atoms with Crippen LogP contribution in [0, 0.1) is 0 Å². The predicted molar refractivity (Wildman–Crippen MR) is 75.6 cm³/mol. The van der Waals surface area contributed by atoms with Crippen LogP contribution in [0.3, 0.4) is 0 Å². The zero-order valence-electron chi connectivity index (χ0n) is 10.8. The quantitative estimate of drug-likeness (QED) is 0.847. The highest BCUT2D eigenvalue weighted by atomic mass is 79.9. The maximum atomic E-state index is 13.2. The lowest BCUT2D eigenvalue weighted by Crippen LogP contribution is -2.29. The summed E-state index contributed by atoms with van der Waals surface area (Å²) in [7, 11) is 0. The van der Waals surface area contributed by atoms with E-state index in [2.05, 4.69) is 31.2 Å². The number of alkyl halides is 3. The molecule has 0 aliphatic carbocycles. The summed E-state index contributed by atoms with van der Waals surface area (Å²) in [5, 5.41) is 2.93. The molecule has 0 spiro atoms. The van der Waals surface area contributed by atoms with Crippen molar-refractivity contribution in [2.75, 3.05) is 6.54 Å². The van der Waals surface area contributed by atoms with Crippen LogP contribution in [0.4, 0.5) is 13.2 Å². The summed E-state index contributed by atoms with van der Waals surface area (Å²) in [4.78, 5) is 8.12. The zero-order chi connectivity index (χ0) is 15.0. The zero-order valence-corrected chi connectivity index (χ0v) is 12.4. The highest BCUT2D eigenvalue weighted by Gasteiger charge is 2.38. The molecular formula is C14H11BrF3N3. The minimum atomic E-state index is -4.48. The number of benzene rings is 1. The highest BCUT2D eigenvalue weighted by molar-refractivity contribution is 9.10. The maximum Gasteiger partial charge on any atom is 0.433 e. The van der Waals surface area contributed by atoms with Crippen molar-refractivity contribution in [1.82, 2.24) is 15.3 Å². The lowest BCUT2D eigenvalue weighted by molar-refractivity contribution is -0.142. The van der Waals surface area contributed by atoms with Gasteiger partial charge in [0.1, 0.15) is 0 Å². The van der Waals surface area contributed by atoms with Crippen molar-refractivity contribution in [3.8, 4) is 11.4 Å². The average Bonchev–Trinajstić information content (AvgIpc) is 2.45. The van der Waals surface area contributed by atoms with Crippen LogP contribution in [-0.4, -0.2) is 16.5 Å². The molecule has 1 aromatic carbocycles. The summed E-state index contributed by atoms with van der Waals surface area (Å²) in [5.41, 5.74) is 0.348. The molecule has 2 aromatic rings. The molecule has 21 heavy (non-hydrogen) atoms. The molecule has 1 aromatic heterocycles. The van der Waals surface area contributed by atoms with E-state index in [4.69, 9.17) is 0 Å². The fourth-order valence-corrected chi connectivity index (χ4v) is 2.80. The van der Waals surface area contributed by atoms with Gasteiger partial charge in [-0.25, -0.2) is 9.97 Å². The van der Waals surface area contributed by atoms with E-state index >= 15 is 0 Å². The number of hydrogen-bond donors (Lipinski definition) is 1. The van der Waals surface area contributed by atoms with Crippen molar-refractivity contribution in [2.24, 2.45) is 0 Å². The van der Waals surface area contributed by atoms with E-state index in [0.29, 0.717) is 28.7 Å². The fraction of sp³-hybridized carbons (Fsp3) is 0.286. The Balaban J connectivity index is 2.22. The molecule has 3 rings (SSSR count). The van der Waals surface area contributed by atoms with Crippen molar-refractivity contribution in [3.63, 3.8) is 0 Å². The summed E-state index contributed by atoms with van der Waals surface area (Å²) in [5.74, 6) is 0.107. The third-order valence-corrected chi connectivity index (χ3v) is 4.01. The third-order valence-electron chi connectivity index (χ3n) is 3.32. The van der Waals surface area contributed by atoms with Gasteiger partial charge in [-0.2, -0.15) is 13.2 Å². The van der Waals surface area contributed by atoms with Crippen molar-refractivity contribution in [3.05, 3.63) is 45.7 Å². The van der Waals surface area contributed by atoms with Gasteiger partial charge in [0.15, 0.2) is 11.5 Å². The largest absolute Gasteiger partial charge is 0.433 e. The molecule has 1 aliphatic heterocycles. The minimum absolute atomic E-state index is 0.107. The molecule has 2 heterocycles. The summed E-state index contributed by atoms with van der Waals surface area (Å²) < 4.78 is 40.4. The average molecular weight is 358 g/mol. The number of aromatic nitrogens is 2. The second-order valence-corrected chi connectivity index (χ2v) is 5.58. The van der Waals surface area contributed by atoms with E-state index < -0.39 is 11.9 Å². The summed E-state index contributed by atoms with van der Waals surface area (Å²) in [6.07, 6.45) is -4.01. The number of rotatable bonds is 1. The summed E-state index contributed by atoms with van der Waals surface area (Å²) >= 11 is 3.33. The van der Waals surface area contributed by atoms with E-state index in [1.165, 1.54) is 0 Å². The van der Waals surface area contributed by atoms with Crippen LogP contribution in [0.1, 0.15) is 17.0 Å². The number of halogens is 4. The van der Waals surface area contributed by atoms with Crippen LogP contribution in [-0.2, 0) is 19.1 Å². The molecule has 0 unspecified atom stereocenters. The molecule has 0 radical (unpaired) electrons. The summed E-state index contributed by atoms with van der Waals surface area (Å²) in [6.45, 7) is 0.775. The Labute approximate surface area is 127 Å². The molecular weight excluding hydrogens is 347 g/mol. The number of nitrogens with one attached hydrogen (secondary N) is 1. The van der Waals surface area contributed by atoms with E-state index in [-0.39, 0.29) is 17.9 Å². The van der Waals surface area contributed by atoms with Crippen molar-refractivity contribution >= 4 is 15.9 Å². The van der Waals surface area contributed by atoms with Gasteiger partial charge in [0.2, 0.25) is 0 Å². The molecule has 0 amide bonds. The molecule has 1 N–H and O–H groups in total. The Kier molecular flexibility index (Phi) is 3.71. The van der Waals surface area contributed by atoms with Gasteiger partial charge in [-0.3, -0.25) is 0 Å². The van der Waals surface area contributed by atoms with E-state index in [0.717, 1.165) is 0 Å². The van der Waals surface area contributed by atoms with Gasteiger partial charge in [0.25, 0.3) is 0 Å². The Hall–Kier alpha value is -1.47. The molecule has 110 valence electrons. The molecule has 0 saturated heterocycles. The molecule has 0 saturated carbocycles. The van der Waals surface area contributed by atoms with Crippen LogP contribution in [0.2, 0.25) is 0 Å². The lowest BCUT2D eigenvalue weighted by Gasteiger charge is -2.21. The van der Waals surface area contributed by atoms with E-state index in [1.807, 2.05) is 0 Å². The molecule has 3 nitrogen and oxygen atoms in total. The molecule has 7 heteroatoms. The first-order valence-corrected chi connectivity index (χ1v) is 7.18. The second-order valence-electron chi connectivity index (χ2n) is 4.73. The van der Waals surface area contributed by atoms with E-state index in [9.17, 15) is 13.2 Å². The standard InChI is InChI=1S/C14H11BrF3N3/c15-10-4-2-1-3-8(10)13-20-11-5-6-19-7-9(11)12(21-13)14(16,17)18/h1-4,19H,5-7H2. The summed E-state index contributed by atoms with van der Waals surface area (Å²) in [6, 6.07) is 7.00. The minimum Gasteiger partial charge on any atom is -0.312 e. The van der Waals surface area contributed by atoms with Gasteiger partial charge in [-0.05, 0) is 6.07 Å². The highest BCUT2D eigenvalue weighted by Crippen LogP contribution is 2.35. The number of nitrogens with zero attached hydrogens (tertiary/aromatic N) is 2. The fourth-order valence-electron chi connectivity index (χ4n) is 2.34. The van der Waals surface area contributed by atoms with Crippen LogP contribution in [0.15, 0.2) is 28.7 Å². The first kappa shape index (κ1) is 14.5. The van der Waals surface area contributed by atoms with Crippen molar-refractivity contribution < 1.29 is 13.2 Å². The number of hydrogen-bond acceptors (Lipinski definition) is 3. The van der Waals surface area contributed by atoms with Gasteiger partial charge in [0.05, 0.1) is 5.69 Å². The first-order valence-electron chi connectivity index (χ1n) is 6.39. The molecule has 0 atom stereocenters. The smallest absolute Gasteiger partial charge is 0.312 e. The monoisotopic (exact) mass is 357 g/mol. The van der Waals surface area contributed by atoms with Gasteiger partial charge < -0.3 is 5.32 Å². The van der Waals surface area contributed by atoms with Gasteiger partial charge in [-0.15, -0.1) is 0 Å². The Morgan fingerprint density at radius 3 is 2.62 bits per heavy atom. The first-order chi connectivity index (χ1) is 9.97. The SMILES string of the molecule is FC(F)(F)c1nc(-c2ccccc2Br)nc2c1CNCC2. The second kappa shape index (κ2) is 5.38. The number of fused-ring (bicyclic) bond motifs is 1. The Morgan fingerprint density at radius 2 is 1.90 bits per heavy atom. The Bertz CT molecular complexity index is 686. The topological polar surface area (TPSA) is 37.8 Å². The van der Waals surface area contributed by atoms with Crippen molar-refractivity contribution in [1.29, 1.82) is 0 Å². The normalized spacial score (nSPS) is 14.9. The van der Waals surface area contributed by atoms with Gasteiger partial charge in [-0.1, -0.05) is 34.1 Å². The molecule has 1 aliphatic rings. The molecule has 0 bridgehead atoms. The van der Waals surface area contributed by atoms with Gasteiger partial charge >= 0.3 is 6.18 Å². The Morgan fingerprint density at radius 1 is 1.14 bits per heavy atom. The van der Waals surface area contributed by atoms with Crippen molar-refractivity contribution in [2.45, 2.75) is 19.1 Å². The third kappa shape index (κ3) is 2.80. The lowest BCUT2D eigenvalue weighted by atomic mass is 10.0.